The van der Waals surface area contributed by atoms with E-state index in [4.69, 9.17) is 4.74 Å². The van der Waals surface area contributed by atoms with Crippen molar-refractivity contribution in [3.8, 4) is 0 Å². The number of hydrogen-bond donors (Lipinski definition) is 0. The Balaban J connectivity index is 2.51. The average molecular weight is 248 g/mol. The summed E-state index contributed by atoms with van der Waals surface area (Å²) in [5.41, 5.74) is 2.91. The van der Waals surface area contributed by atoms with E-state index < -0.39 is 0 Å². The summed E-state index contributed by atoms with van der Waals surface area (Å²) in [7, 11) is 0. The maximum atomic E-state index is 12.0. The Morgan fingerprint density at radius 1 is 1.17 bits per heavy atom. The smallest absolute Gasteiger partial charge is 0.305 e. The van der Waals surface area contributed by atoms with Gasteiger partial charge in [-0.15, -0.1) is 0 Å². The molecular formula is C15H20O3. The van der Waals surface area contributed by atoms with Crippen molar-refractivity contribution < 1.29 is 14.3 Å². The lowest BCUT2D eigenvalue weighted by Gasteiger charge is -2.07. The fraction of sp³-hybridized carbons (Fsp3) is 0.467. The largest absolute Gasteiger partial charge is 0.466 e. The SMILES string of the molecule is CCOC(=O)CCCC(=O)c1cccc(C)c1C. The Morgan fingerprint density at radius 3 is 2.56 bits per heavy atom. The molecular weight excluding hydrogens is 228 g/mol. The number of carbonyl (C=O) groups is 2. The Morgan fingerprint density at radius 2 is 1.89 bits per heavy atom. The molecule has 18 heavy (non-hydrogen) atoms. The maximum Gasteiger partial charge on any atom is 0.305 e. The van der Waals surface area contributed by atoms with Crippen LogP contribution in [-0.2, 0) is 9.53 Å². The minimum atomic E-state index is -0.230. The highest BCUT2D eigenvalue weighted by atomic mass is 16.5. The number of Topliss-reactive ketones (excluding diaryl/α,β-unsaturated/α-hetero) is 1. The van der Waals surface area contributed by atoms with Crippen LogP contribution in [0.25, 0.3) is 0 Å². The van der Waals surface area contributed by atoms with E-state index in [1.807, 2.05) is 32.0 Å². The fourth-order valence-corrected chi connectivity index (χ4v) is 1.81. The van der Waals surface area contributed by atoms with E-state index in [0.29, 0.717) is 25.9 Å². The number of esters is 1. The fourth-order valence-electron chi connectivity index (χ4n) is 1.81. The first-order chi connectivity index (χ1) is 8.56. The van der Waals surface area contributed by atoms with Gasteiger partial charge in [0.15, 0.2) is 5.78 Å². The van der Waals surface area contributed by atoms with Crippen LogP contribution in [0.3, 0.4) is 0 Å². The zero-order chi connectivity index (χ0) is 13.5. The number of rotatable bonds is 6. The van der Waals surface area contributed by atoms with Gasteiger partial charge in [0.1, 0.15) is 0 Å². The van der Waals surface area contributed by atoms with Gasteiger partial charge in [-0.2, -0.15) is 0 Å². The van der Waals surface area contributed by atoms with Crippen molar-refractivity contribution in [1.82, 2.24) is 0 Å². The van der Waals surface area contributed by atoms with Gasteiger partial charge in [0.25, 0.3) is 0 Å². The van der Waals surface area contributed by atoms with Crippen molar-refractivity contribution in [2.45, 2.75) is 40.0 Å². The summed E-state index contributed by atoms with van der Waals surface area (Å²) in [6.45, 7) is 6.11. The van der Waals surface area contributed by atoms with Gasteiger partial charge in [-0.1, -0.05) is 18.2 Å². The molecule has 0 saturated heterocycles. The third-order valence-electron chi connectivity index (χ3n) is 3.00. The summed E-state index contributed by atoms with van der Waals surface area (Å²) in [5.74, 6) is -0.133. The van der Waals surface area contributed by atoms with E-state index in [1.54, 1.807) is 6.92 Å². The Kier molecular flexibility index (Phi) is 5.56. The van der Waals surface area contributed by atoms with Crippen molar-refractivity contribution in [2.75, 3.05) is 6.61 Å². The van der Waals surface area contributed by atoms with Gasteiger partial charge in [0, 0.05) is 18.4 Å². The topological polar surface area (TPSA) is 43.4 Å². The van der Waals surface area contributed by atoms with Gasteiger partial charge in [-0.3, -0.25) is 9.59 Å². The molecule has 0 heterocycles. The maximum absolute atomic E-state index is 12.0. The molecule has 0 aromatic heterocycles. The number of aryl methyl sites for hydroxylation is 1. The molecule has 3 nitrogen and oxygen atoms in total. The summed E-state index contributed by atoms with van der Waals surface area (Å²) >= 11 is 0. The molecule has 98 valence electrons. The van der Waals surface area contributed by atoms with Gasteiger partial charge in [-0.25, -0.2) is 0 Å². The Bertz CT molecular complexity index is 435. The minimum absolute atomic E-state index is 0.0977. The molecule has 1 rings (SSSR count). The molecule has 0 fully saturated rings. The number of carbonyl (C=O) groups excluding carboxylic acids is 2. The van der Waals surface area contributed by atoms with Crippen LogP contribution in [0.4, 0.5) is 0 Å². The monoisotopic (exact) mass is 248 g/mol. The number of ketones is 1. The van der Waals surface area contributed by atoms with Gasteiger partial charge in [0.2, 0.25) is 0 Å². The van der Waals surface area contributed by atoms with Gasteiger partial charge in [-0.05, 0) is 38.3 Å². The lowest BCUT2D eigenvalue weighted by molar-refractivity contribution is -0.143. The third-order valence-corrected chi connectivity index (χ3v) is 3.00. The molecule has 0 bridgehead atoms. The molecule has 3 heteroatoms. The van der Waals surface area contributed by atoms with Crippen LogP contribution in [0.15, 0.2) is 18.2 Å². The highest BCUT2D eigenvalue weighted by Crippen LogP contribution is 2.15. The molecule has 0 aliphatic rings. The van der Waals surface area contributed by atoms with Crippen LogP contribution >= 0.6 is 0 Å². The summed E-state index contributed by atoms with van der Waals surface area (Å²) in [5, 5.41) is 0. The van der Waals surface area contributed by atoms with Crippen LogP contribution in [-0.4, -0.2) is 18.4 Å². The standard InChI is InChI=1S/C15H20O3/c1-4-18-15(17)10-6-9-14(16)13-8-5-7-11(2)12(13)3/h5,7-8H,4,6,9-10H2,1-3H3. The van der Waals surface area contributed by atoms with E-state index in [2.05, 4.69) is 0 Å². The quantitative estimate of drug-likeness (QED) is 0.573. The molecule has 0 saturated carbocycles. The third kappa shape index (κ3) is 3.99. The molecule has 0 N–H and O–H groups in total. The normalized spacial score (nSPS) is 10.2. The van der Waals surface area contributed by atoms with Crippen LogP contribution in [0.1, 0.15) is 47.7 Å². The first-order valence-electron chi connectivity index (χ1n) is 6.31. The average Bonchev–Trinajstić information content (AvgIpc) is 2.33. The van der Waals surface area contributed by atoms with Crippen molar-refractivity contribution in [1.29, 1.82) is 0 Å². The van der Waals surface area contributed by atoms with Crippen molar-refractivity contribution in [2.24, 2.45) is 0 Å². The van der Waals surface area contributed by atoms with Crippen molar-refractivity contribution in [3.63, 3.8) is 0 Å². The van der Waals surface area contributed by atoms with E-state index in [-0.39, 0.29) is 11.8 Å². The summed E-state index contributed by atoms with van der Waals surface area (Å²) in [6.07, 6.45) is 1.25. The highest BCUT2D eigenvalue weighted by molar-refractivity contribution is 5.97. The van der Waals surface area contributed by atoms with Crippen LogP contribution in [0.5, 0.6) is 0 Å². The highest BCUT2D eigenvalue weighted by Gasteiger charge is 2.11. The van der Waals surface area contributed by atoms with Crippen molar-refractivity contribution in [3.05, 3.63) is 34.9 Å². The molecule has 0 aliphatic carbocycles. The number of benzene rings is 1. The molecule has 1 aromatic carbocycles. The number of ether oxygens (including phenoxy) is 1. The lowest BCUT2D eigenvalue weighted by atomic mass is 9.97. The Labute approximate surface area is 108 Å². The van der Waals surface area contributed by atoms with Gasteiger partial charge in [0.05, 0.1) is 6.61 Å². The van der Waals surface area contributed by atoms with E-state index in [0.717, 1.165) is 16.7 Å². The minimum Gasteiger partial charge on any atom is -0.466 e. The summed E-state index contributed by atoms with van der Waals surface area (Å²) < 4.78 is 4.82. The van der Waals surface area contributed by atoms with Crippen LogP contribution < -0.4 is 0 Å². The molecule has 0 unspecified atom stereocenters. The predicted molar refractivity (Wildman–Crippen MR) is 70.7 cm³/mol. The van der Waals surface area contributed by atoms with E-state index >= 15 is 0 Å². The van der Waals surface area contributed by atoms with Crippen LogP contribution in [0.2, 0.25) is 0 Å². The second-order valence-corrected chi connectivity index (χ2v) is 4.33. The predicted octanol–water partition coefficient (Wildman–Crippen LogP) is 3.22. The van der Waals surface area contributed by atoms with Gasteiger partial charge >= 0.3 is 5.97 Å². The van der Waals surface area contributed by atoms with E-state index in [1.165, 1.54) is 0 Å². The second-order valence-electron chi connectivity index (χ2n) is 4.33. The molecule has 0 radical (unpaired) electrons. The summed E-state index contributed by atoms with van der Waals surface area (Å²) in [4.78, 5) is 23.2. The molecule has 0 spiro atoms. The first-order valence-corrected chi connectivity index (χ1v) is 6.31. The Hall–Kier alpha value is -1.64. The molecule has 0 aliphatic heterocycles. The zero-order valence-electron chi connectivity index (χ0n) is 11.3. The van der Waals surface area contributed by atoms with Crippen LogP contribution in [0, 0.1) is 13.8 Å². The molecule has 1 aromatic rings. The van der Waals surface area contributed by atoms with Crippen molar-refractivity contribution >= 4 is 11.8 Å². The zero-order valence-corrected chi connectivity index (χ0v) is 11.3. The van der Waals surface area contributed by atoms with Gasteiger partial charge < -0.3 is 4.74 Å². The lowest BCUT2D eigenvalue weighted by Crippen LogP contribution is -2.07. The molecule has 0 atom stereocenters. The molecule has 0 amide bonds. The first kappa shape index (κ1) is 14.4. The van der Waals surface area contributed by atoms with E-state index in [9.17, 15) is 9.59 Å². The summed E-state index contributed by atoms with van der Waals surface area (Å²) in [6, 6.07) is 5.72. The second kappa shape index (κ2) is 6.94. The number of hydrogen-bond acceptors (Lipinski definition) is 3.